The highest BCUT2D eigenvalue weighted by molar-refractivity contribution is 6.31. The standard InChI is InChI=1S/C15H12ClFN2O2/c1-9(10-2-5-12(17)6-3-10)18-19-15(21)13-8-11(16)4-7-14(13)20/h2-8,20H,1H3,(H,19,21)/b18-9+. The fourth-order valence-corrected chi connectivity index (χ4v) is 1.81. The molecule has 108 valence electrons. The minimum absolute atomic E-state index is 0.0261. The van der Waals surface area contributed by atoms with E-state index in [1.165, 1.54) is 30.3 Å². The van der Waals surface area contributed by atoms with Crippen molar-refractivity contribution >= 4 is 23.2 Å². The van der Waals surface area contributed by atoms with Crippen LogP contribution in [0.1, 0.15) is 22.8 Å². The number of aromatic hydroxyl groups is 1. The first-order valence-electron chi connectivity index (χ1n) is 6.06. The Kier molecular flexibility index (Phi) is 4.55. The number of phenols is 1. The number of rotatable bonds is 3. The van der Waals surface area contributed by atoms with Crippen LogP contribution in [0.15, 0.2) is 47.6 Å². The maximum absolute atomic E-state index is 12.8. The van der Waals surface area contributed by atoms with E-state index >= 15 is 0 Å². The Bertz CT molecular complexity index is 699. The van der Waals surface area contributed by atoms with Crippen LogP contribution >= 0.6 is 11.6 Å². The van der Waals surface area contributed by atoms with E-state index in [2.05, 4.69) is 10.5 Å². The SMILES string of the molecule is C/C(=N\NC(=O)c1cc(Cl)ccc1O)c1ccc(F)cc1. The van der Waals surface area contributed by atoms with Crippen molar-refractivity contribution in [2.24, 2.45) is 5.10 Å². The number of nitrogens with zero attached hydrogens (tertiary/aromatic N) is 1. The second kappa shape index (κ2) is 6.37. The summed E-state index contributed by atoms with van der Waals surface area (Å²) in [7, 11) is 0. The molecule has 0 aliphatic rings. The maximum atomic E-state index is 12.8. The molecule has 0 aliphatic heterocycles. The number of hydrazone groups is 1. The lowest BCUT2D eigenvalue weighted by atomic mass is 10.1. The van der Waals surface area contributed by atoms with Crippen molar-refractivity contribution in [1.29, 1.82) is 0 Å². The average Bonchev–Trinajstić information content (AvgIpc) is 2.47. The van der Waals surface area contributed by atoms with Crippen LogP contribution in [0, 0.1) is 5.82 Å². The number of hydrogen-bond donors (Lipinski definition) is 2. The number of amides is 1. The van der Waals surface area contributed by atoms with Crippen molar-refractivity contribution in [2.75, 3.05) is 0 Å². The predicted molar refractivity (Wildman–Crippen MR) is 79.2 cm³/mol. The molecule has 0 fully saturated rings. The van der Waals surface area contributed by atoms with Gasteiger partial charge < -0.3 is 5.11 Å². The molecule has 0 spiro atoms. The largest absolute Gasteiger partial charge is 0.507 e. The predicted octanol–water partition coefficient (Wildman–Crippen LogP) is 3.34. The fourth-order valence-electron chi connectivity index (χ4n) is 1.64. The molecular formula is C15H12ClFN2O2. The highest BCUT2D eigenvalue weighted by Crippen LogP contribution is 2.21. The van der Waals surface area contributed by atoms with Crippen molar-refractivity contribution in [3.63, 3.8) is 0 Å². The molecule has 4 nitrogen and oxygen atoms in total. The summed E-state index contributed by atoms with van der Waals surface area (Å²) in [6.45, 7) is 1.67. The lowest BCUT2D eigenvalue weighted by Gasteiger charge is -2.05. The Labute approximate surface area is 125 Å². The van der Waals surface area contributed by atoms with Crippen LogP contribution in [0.4, 0.5) is 4.39 Å². The molecular weight excluding hydrogens is 295 g/mol. The molecule has 0 unspecified atom stereocenters. The molecule has 0 saturated carbocycles. The normalized spacial score (nSPS) is 11.3. The van der Waals surface area contributed by atoms with Gasteiger partial charge in [-0.25, -0.2) is 9.82 Å². The monoisotopic (exact) mass is 306 g/mol. The summed E-state index contributed by atoms with van der Waals surface area (Å²) in [5.41, 5.74) is 3.52. The number of nitrogens with one attached hydrogen (secondary N) is 1. The van der Waals surface area contributed by atoms with Gasteiger partial charge >= 0.3 is 0 Å². The number of carbonyl (C=O) groups is 1. The topological polar surface area (TPSA) is 61.7 Å². The first kappa shape index (κ1) is 15.0. The fraction of sp³-hybridized carbons (Fsp3) is 0.0667. The van der Waals surface area contributed by atoms with Gasteiger partial charge in [-0.1, -0.05) is 23.7 Å². The van der Waals surface area contributed by atoms with Crippen molar-refractivity contribution in [2.45, 2.75) is 6.92 Å². The van der Waals surface area contributed by atoms with Gasteiger partial charge in [0, 0.05) is 5.02 Å². The third kappa shape index (κ3) is 3.79. The average molecular weight is 307 g/mol. The summed E-state index contributed by atoms with van der Waals surface area (Å²) in [5.74, 6) is -1.12. The third-order valence-corrected chi connectivity index (χ3v) is 3.03. The summed E-state index contributed by atoms with van der Waals surface area (Å²) < 4.78 is 12.8. The zero-order valence-electron chi connectivity index (χ0n) is 11.1. The number of phenolic OH excluding ortho intramolecular Hbond substituents is 1. The van der Waals surface area contributed by atoms with Crippen LogP contribution in [-0.4, -0.2) is 16.7 Å². The van der Waals surface area contributed by atoms with Gasteiger partial charge in [0.2, 0.25) is 0 Å². The van der Waals surface area contributed by atoms with Gasteiger partial charge in [0.15, 0.2) is 0 Å². The molecule has 0 bridgehead atoms. The highest BCUT2D eigenvalue weighted by Gasteiger charge is 2.11. The lowest BCUT2D eigenvalue weighted by molar-refractivity contribution is 0.0952. The van der Waals surface area contributed by atoms with Crippen LogP contribution in [0.25, 0.3) is 0 Å². The molecule has 2 rings (SSSR count). The van der Waals surface area contributed by atoms with Gasteiger partial charge in [-0.15, -0.1) is 0 Å². The van der Waals surface area contributed by atoms with Gasteiger partial charge in [0.1, 0.15) is 11.6 Å². The van der Waals surface area contributed by atoms with E-state index in [4.69, 9.17) is 11.6 Å². The summed E-state index contributed by atoms with van der Waals surface area (Å²) in [5, 5.41) is 13.9. The van der Waals surface area contributed by atoms with Crippen molar-refractivity contribution in [3.05, 3.63) is 64.4 Å². The minimum Gasteiger partial charge on any atom is -0.507 e. The van der Waals surface area contributed by atoms with Crippen LogP contribution in [0.3, 0.4) is 0 Å². The van der Waals surface area contributed by atoms with E-state index in [1.807, 2.05) is 0 Å². The molecule has 0 aliphatic carbocycles. The summed E-state index contributed by atoms with van der Waals surface area (Å²) >= 11 is 5.77. The van der Waals surface area contributed by atoms with E-state index in [1.54, 1.807) is 19.1 Å². The minimum atomic E-state index is -0.587. The molecule has 6 heteroatoms. The highest BCUT2D eigenvalue weighted by atomic mass is 35.5. The smallest absolute Gasteiger partial charge is 0.275 e. The van der Waals surface area contributed by atoms with Crippen LogP contribution in [0.2, 0.25) is 5.02 Å². The second-order valence-electron chi connectivity index (χ2n) is 4.31. The molecule has 2 N–H and O–H groups in total. The molecule has 0 atom stereocenters. The zero-order valence-corrected chi connectivity index (χ0v) is 11.9. The van der Waals surface area contributed by atoms with Crippen LogP contribution in [0.5, 0.6) is 5.75 Å². The van der Waals surface area contributed by atoms with E-state index in [-0.39, 0.29) is 17.1 Å². The van der Waals surface area contributed by atoms with E-state index in [9.17, 15) is 14.3 Å². The van der Waals surface area contributed by atoms with Gasteiger partial charge in [-0.3, -0.25) is 4.79 Å². The molecule has 1 amide bonds. The molecule has 0 heterocycles. The van der Waals surface area contributed by atoms with E-state index in [0.29, 0.717) is 16.3 Å². The molecule has 21 heavy (non-hydrogen) atoms. The molecule has 2 aromatic rings. The quantitative estimate of drug-likeness (QED) is 0.675. The Balaban J connectivity index is 2.14. The second-order valence-corrected chi connectivity index (χ2v) is 4.74. The molecule has 0 aromatic heterocycles. The number of carbonyl (C=O) groups excluding carboxylic acids is 1. The van der Waals surface area contributed by atoms with Gasteiger partial charge in [0.25, 0.3) is 5.91 Å². The summed E-state index contributed by atoms with van der Waals surface area (Å²) in [6, 6.07) is 9.86. The number of hydrogen-bond acceptors (Lipinski definition) is 3. The van der Waals surface area contributed by atoms with Gasteiger partial charge in [-0.2, -0.15) is 5.10 Å². The Morgan fingerprint density at radius 3 is 2.57 bits per heavy atom. The van der Waals surface area contributed by atoms with Crippen molar-refractivity contribution in [1.82, 2.24) is 5.43 Å². The maximum Gasteiger partial charge on any atom is 0.275 e. The van der Waals surface area contributed by atoms with Gasteiger partial charge in [-0.05, 0) is 42.8 Å². The zero-order chi connectivity index (χ0) is 15.4. The van der Waals surface area contributed by atoms with Crippen molar-refractivity contribution in [3.8, 4) is 5.75 Å². The molecule has 0 radical (unpaired) electrons. The Hall–Kier alpha value is -2.40. The van der Waals surface area contributed by atoms with Crippen molar-refractivity contribution < 1.29 is 14.3 Å². The first-order valence-corrected chi connectivity index (χ1v) is 6.44. The third-order valence-electron chi connectivity index (χ3n) is 2.79. The molecule has 2 aromatic carbocycles. The number of halogens is 2. The lowest BCUT2D eigenvalue weighted by Crippen LogP contribution is -2.19. The Morgan fingerprint density at radius 2 is 1.90 bits per heavy atom. The van der Waals surface area contributed by atoms with E-state index < -0.39 is 5.91 Å². The van der Waals surface area contributed by atoms with Crippen LogP contribution < -0.4 is 5.43 Å². The van der Waals surface area contributed by atoms with Gasteiger partial charge in [0.05, 0.1) is 11.3 Å². The summed E-state index contributed by atoms with van der Waals surface area (Å²) in [6.07, 6.45) is 0. The molecule has 0 saturated heterocycles. The first-order chi connectivity index (χ1) is 9.97. The van der Waals surface area contributed by atoms with E-state index in [0.717, 1.165) is 0 Å². The number of benzene rings is 2. The Morgan fingerprint density at radius 1 is 1.24 bits per heavy atom. The summed E-state index contributed by atoms with van der Waals surface area (Å²) in [4.78, 5) is 11.9. The van der Waals surface area contributed by atoms with Crippen LogP contribution in [-0.2, 0) is 0 Å².